The van der Waals surface area contributed by atoms with Crippen LogP contribution in [0, 0.1) is 6.92 Å². The fourth-order valence-corrected chi connectivity index (χ4v) is 5.58. The van der Waals surface area contributed by atoms with E-state index in [0.29, 0.717) is 21.6 Å². The van der Waals surface area contributed by atoms with Crippen LogP contribution in [-0.4, -0.2) is 31.9 Å². The van der Waals surface area contributed by atoms with Crippen LogP contribution in [0.4, 0.5) is 0 Å². The molecule has 2 N–H and O–H groups in total. The molecule has 18 heavy (non-hydrogen) atoms. The molecule has 0 aliphatic carbocycles. The number of nitrogens with zero attached hydrogens (tertiary/aromatic N) is 1. The summed E-state index contributed by atoms with van der Waals surface area (Å²) in [6, 6.07) is 1.56. The lowest BCUT2D eigenvalue weighted by atomic mass is 10.2. The molecule has 1 unspecified atom stereocenters. The lowest BCUT2D eigenvalue weighted by Gasteiger charge is -2.21. The molecule has 1 aromatic heterocycles. The Hall–Kier alpha value is 0.150. The number of nitrogens with two attached hydrogens (primary N) is 1. The van der Waals surface area contributed by atoms with Gasteiger partial charge in [0.15, 0.2) is 0 Å². The highest BCUT2D eigenvalue weighted by Crippen LogP contribution is 2.34. The van der Waals surface area contributed by atoms with Crippen molar-refractivity contribution in [3.8, 4) is 0 Å². The average molecular weight is 331 g/mol. The molecule has 1 saturated heterocycles. The molecule has 0 radical (unpaired) electrons. The van der Waals surface area contributed by atoms with E-state index in [1.165, 1.54) is 4.31 Å². The van der Waals surface area contributed by atoms with Crippen LogP contribution in [0.15, 0.2) is 10.3 Å². The fourth-order valence-electron chi connectivity index (χ4n) is 2.04. The summed E-state index contributed by atoms with van der Waals surface area (Å²) in [5.74, 6) is 0. The number of aryl methyl sites for hydroxylation is 1. The quantitative estimate of drug-likeness (QED) is 0.924. The fraction of sp³-hybridized carbons (Fsp3) is 0.600. The summed E-state index contributed by atoms with van der Waals surface area (Å²) in [5, 5.41) is 0. The minimum Gasteiger partial charge on any atom is -0.329 e. The molecule has 0 saturated carbocycles. The number of hydrogen-bond acceptors (Lipinski definition) is 4. The first-order chi connectivity index (χ1) is 7.96. The predicted molar refractivity (Wildman–Crippen MR) is 77.3 cm³/mol. The van der Waals surface area contributed by atoms with E-state index in [4.69, 9.17) is 17.3 Å². The summed E-state index contributed by atoms with van der Waals surface area (Å²) < 4.78 is 27.1. The van der Waals surface area contributed by atoms with Crippen LogP contribution in [0.1, 0.15) is 18.4 Å². The monoisotopic (exact) mass is 330 g/mol. The minimum atomic E-state index is -3.41. The van der Waals surface area contributed by atoms with Crippen molar-refractivity contribution in [3.05, 3.63) is 16.0 Å². The standard InChI is InChI=1S/C10H15ClN2O2S2.ClH/c1-7-5-9(16-10(7)11)17(14,15)13-4-2-3-8(13)6-12;/h5,8H,2-4,6,12H2,1H3;1H. The summed E-state index contributed by atoms with van der Waals surface area (Å²) in [4.78, 5) is 0. The molecule has 0 bridgehead atoms. The molecule has 4 nitrogen and oxygen atoms in total. The zero-order chi connectivity index (χ0) is 12.6. The highest BCUT2D eigenvalue weighted by atomic mass is 35.5. The molecule has 0 spiro atoms. The molecule has 1 atom stereocenters. The van der Waals surface area contributed by atoms with Crippen molar-refractivity contribution in [3.63, 3.8) is 0 Å². The van der Waals surface area contributed by atoms with Crippen molar-refractivity contribution < 1.29 is 8.42 Å². The van der Waals surface area contributed by atoms with Crippen LogP contribution in [0.25, 0.3) is 0 Å². The summed E-state index contributed by atoms with van der Waals surface area (Å²) in [6.07, 6.45) is 1.72. The molecule has 2 rings (SSSR count). The maximum absolute atomic E-state index is 12.4. The van der Waals surface area contributed by atoms with Crippen molar-refractivity contribution in [2.75, 3.05) is 13.1 Å². The van der Waals surface area contributed by atoms with Crippen LogP contribution in [0.5, 0.6) is 0 Å². The Balaban J connectivity index is 0.00000162. The topological polar surface area (TPSA) is 63.4 Å². The Morgan fingerprint density at radius 2 is 2.28 bits per heavy atom. The molecular weight excluding hydrogens is 315 g/mol. The molecule has 0 amide bonds. The third kappa shape index (κ3) is 2.84. The Morgan fingerprint density at radius 3 is 2.78 bits per heavy atom. The first-order valence-corrected chi connectivity index (χ1v) is 8.08. The number of sulfonamides is 1. The van der Waals surface area contributed by atoms with E-state index in [-0.39, 0.29) is 18.4 Å². The summed E-state index contributed by atoms with van der Waals surface area (Å²) in [5.41, 5.74) is 6.41. The molecule has 1 aliphatic rings. The molecule has 1 fully saturated rings. The summed E-state index contributed by atoms with van der Waals surface area (Å²) in [7, 11) is -3.41. The van der Waals surface area contributed by atoms with Crippen molar-refractivity contribution in [2.24, 2.45) is 5.73 Å². The van der Waals surface area contributed by atoms with Crippen LogP contribution in [0.3, 0.4) is 0 Å². The Morgan fingerprint density at radius 1 is 1.61 bits per heavy atom. The molecule has 1 aliphatic heterocycles. The van der Waals surface area contributed by atoms with Crippen LogP contribution in [-0.2, 0) is 10.0 Å². The third-order valence-corrected chi connectivity index (χ3v) is 6.95. The van der Waals surface area contributed by atoms with Crippen molar-refractivity contribution in [1.29, 1.82) is 0 Å². The first-order valence-electron chi connectivity index (χ1n) is 5.44. The maximum Gasteiger partial charge on any atom is 0.252 e. The van der Waals surface area contributed by atoms with Crippen molar-refractivity contribution >= 4 is 45.4 Å². The molecular formula is C10H16Cl2N2O2S2. The van der Waals surface area contributed by atoms with E-state index in [1.807, 2.05) is 6.92 Å². The average Bonchev–Trinajstić information content (AvgIpc) is 2.86. The second kappa shape index (κ2) is 6.07. The van der Waals surface area contributed by atoms with Gasteiger partial charge in [-0.25, -0.2) is 8.42 Å². The Labute approximate surface area is 123 Å². The summed E-state index contributed by atoms with van der Waals surface area (Å²) in [6.45, 7) is 2.73. The van der Waals surface area contributed by atoms with Gasteiger partial charge in [-0.1, -0.05) is 11.6 Å². The van der Waals surface area contributed by atoms with Gasteiger partial charge in [0.25, 0.3) is 10.0 Å². The van der Waals surface area contributed by atoms with Crippen LogP contribution < -0.4 is 5.73 Å². The van der Waals surface area contributed by atoms with E-state index in [1.54, 1.807) is 6.07 Å². The minimum absolute atomic E-state index is 0. The number of hydrogen-bond donors (Lipinski definition) is 1. The van der Waals surface area contributed by atoms with E-state index < -0.39 is 10.0 Å². The zero-order valence-corrected chi connectivity index (χ0v) is 13.1. The second-order valence-electron chi connectivity index (χ2n) is 4.17. The normalized spacial score (nSPS) is 20.9. The van der Waals surface area contributed by atoms with Gasteiger partial charge in [0.2, 0.25) is 0 Å². The van der Waals surface area contributed by atoms with Gasteiger partial charge < -0.3 is 5.73 Å². The van der Waals surface area contributed by atoms with Gasteiger partial charge in [0.1, 0.15) is 4.21 Å². The van der Waals surface area contributed by atoms with Gasteiger partial charge in [0, 0.05) is 19.1 Å². The first kappa shape index (κ1) is 16.2. The van der Waals surface area contributed by atoms with E-state index in [0.717, 1.165) is 29.7 Å². The van der Waals surface area contributed by atoms with Gasteiger partial charge in [-0.05, 0) is 31.4 Å². The van der Waals surface area contributed by atoms with Crippen molar-refractivity contribution in [1.82, 2.24) is 4.31 Å². The zero-order valence-electron chi connectivity index (χ0n) is 9.93. The number of thiophene rings is 1. The van der Waals surface area contributed by atoms with E-state index >= 15 is 0 Å². The summed E-state index contributed by atoms with van der Waals surface area (Å²) >= 11 is 7.04. The highest BCUT2D eigenvalue weighted by Gasteiger charge is 2.35. The van der Waals surface area contributed by atoms with Gasteiger partial charge in [0.05, 0.1) is 4.34 Å². The lowest BCUT2D eigenvalue weighted by molar-refractivity contribution is 0.394. The van der Waals surface area contributed by atoms with Crippen LogP contribution in [0.2, 0.25) is 4.34 Å². The van der Waals surface area contributed by atoms with Crippen LogP contribution >= 0.6 is 35.3 Å². The second-order valence-corrected chi connectivity index (χ2v) is 7.94. The Bertz CT molecular complexity index is 496. The molecule has 0 aromatic carbocycles. The van der Waals surface area contributed by atoms with E-state index in [2.05, 4.69) is 0 Å². The Kier molecular flexibility index (Phi) is 5.46. The number of halogens is 2. The van der Waals surface area contributed by atoms with E-state index in [9.17, 15) is 8.42 Å². The smallest absolute Gasteiger partial charge is 0.252 e. The third-order valence-electron chi connectivity index (χ3n) is 2.99. The molecule has 104 valence electrons. The van der Waals surface area contributed by atoms with Gasteiger partial charge in [-0.15, -0.1) is 23.7 Å². The van der Waals surface area contributed by atoms with Gasteiger partial charge >= 0.3 is 0 Å². The highest BCUT2D eigenvalue weighted by molar-refractivity contribution is 7.91. The van der Waals surface area contributed by atoms with Gasteiger partial charge in [-0.3, -0.25) is 0 Å². The molecule has 1 aromatic rings. The number of rotatable bonds is 3. The lowest BCUT2D eigenvalue weighted by Crippen LogP contribution is -2.39. The SMILES string of the molecule is Cc1cc(S(=O)(=O)N2CCCC2CN)sc1Cl.Cl. The largest absolute Gasteiger partial charge is 0.329 e. The van der Waals surface area contributed by atoms with Gasteiger partial charge in [-0.2, -0.15) is 4.31 Å². The van der Waals surface area contributed by atoms with Crippen molar-refractivity contribution in [2.45, 2.75) is 30.0 Å². The predicted octanol–water partition coefficient (Wildman–Crippen LogP) is 2.24. The molecule has 8 heteroatoms. The maximum atomic E-state index is 12.4. The molecule has 2 heterocycles.